The zero-order valence-electron chi connectivity index (χ0n) is 27.5. The number of hydrogen-bond donors (Lipinski definition) is 0. The monoisotopic (exact) mass is 630 g/mol. The van der Waals surface area contributed by atoms with Crippen molar-refractivity contribution in [1.82, 2.24) is 19.1 Å². The van der Waals surface area contributed by atoms with Crippen LogP contribution in [-0.2, 0) is 24.2 Å². The molecule has 0 radical (unpaired) electrons. The van der Waals surface area contributed by atoms with Gasteiger partial charge in [0.15, 0.2) is 0 Å². The van der Waals surface area contributed by atoms with E-state index in [1.165, 1.54) is 12.1 Å². The number of imidazole rings is 2. The van der Waals surface area contributed by atoms with E-state index in [1.807, 2.05) is 56.1 Å². The van der Waals surface area contributed by atoms with Crippen molar-refractivity contribution < 1.29 is 18.7 Å². The zero-order chi connectivity index (χ0) is 33.1. The van der Waals surface area contributed by atoms with Crippen LogP contribution in [0.25, 0.3) is 33.4 Å². The number of nitrogens with zero attached hydrogens (tertiary/aromatic N) is 4. The SMILES string of the molecule is CCCc1nc2c(C)cc(-c3cn(Cc4ccc(F)cc4)cn3)cc2n1Cc1ccc(-c2ccccc2OC(=O)OC(C)(C)C)cc1. The standard InChI is InChI=1S/C39H39FN4O3/c1-6-9-36-42-37-26(2)20-30(33-24-43(25-41-33)22-27-14-18-31(40)19-15-27)21-34(37)44(36)23-28-12-16-29(17-13-28)32-10-7-8-11-35(32)46-38(45)47-39(3,4)5/h7-8,10-21,24-25H,6,9,22-23H2,1-5H3. The molecule has 0 spiro atoms. The Morgan fingerprint density at radius 2 is 1.60 bits per heavy atom. The summed E-state index contributed by atoms with van der Waals surface area (Å²) in [6, 6.07) is 26.6. The van der Waals surface area contributed by atoms with E-state index in [4.69, 9.17) is 19.4 Å². The Morgan fingerprint density at radius 1 is 0.894 bits per heavy atom. The van der Waals surface area contributed by atoms with Gasteiger partial charge in [0.25, 0.3) is 0 Å². The van der Waals surface area contributed by atoms with Crippen molar-refractivity contribution in [2.24, 2.45) is 0 Å². The number of carbonyl (C=O) groups is 1. The first-order valence-corrected chi connectivity index (χ1v) is 15.9. The fraction of sp³-hybridized carbons (Fsp3) is 0.256. The van der Waals surface area contributed by atoms with Gasteiger partial charge < -0.3 is 18.6 Å². The molecule has 240 valence electrons. The average molecular weight is 631 g/mol. The molecule has 4 aromatic carbocycles. The molecule has 2 aromatic heterocycles. The molecule has 0 unspecified atom stereocenters. The van der Waals surface area contributed by atoms with E-state index >= 15 is 0 Å². The van der Waals surface area contributed by atoms with Crippen molar-refractivity contribution in [3.05, 3.63) is 126 Å². The maximum absolute atomic E-state index is 13.4. The smallest absolute Gasteiger partial charge is 0.428 e. The number of halogens is 1. The van der Waals surface area contributed by atoms with Crippen molar-refractivity contribution in [2.45, 2.75) is 66.2 Å². The number of rotatable bonds is 9. The van der Waals surface area contributed by atoms with Crippen LogP contribution in [-0.4, -0.2) is 30.9 Å². The van der Waals surface area contributed by atoms with Gasteiger partial charge in [-0.25, -0.2) is 19.2 Å². The molecule has 0 fully saturated rings. The van der Waals surface area contributed by atoms with Crippen LogP contribution in [0.5, 0.6) is 5.75 Å². The molecule has 0 saturated heterocycles. The summed E-state index contributed by atoms with van der Waals surface area (Å²) in [6.07, 6.45) is 4.96. The van der Waals surface area contributed by atoms with Gasteiger partial charge in [-0.2, -0.15) is 0 Å². The largest absolute Gasteiger partial charge is 0.514 e. The lowest BCUT2D eigenvalue weighted by Crippen LogP contribution is -2.26. The Balaban J connectivity index is 1.27. The third-order valence-corrected chi connectivity index (χ3v) is 7.88. The van der Waals surface area contributed by atoms with Crippen LogP contribution in [0.15, 0.2) is 97.5 Å². The molecule has 0 N–H and O–H groups in total. The van der Waals surface area contributed by atoms with E-state index in [0.717, 1.165) is 68.8 Å². The average Bonchev–Trinajstić information content (AvgIpc) is 3.63. The van der Waals surface area contributed by atoms with E-state index in [-0.39, 0.29) is 5.82 Å². The molecule has 6 aromatic rings. The molecular formula is C39H39FN4O3. The highest BCUT2D eigenvalue weighted by Crippen LogP contribution is 2.32. The number of aromatic nitrogens is 4. The van der Waals surface area contributed by atoms with E-state index < -0.39 is 11.8 Å². The molecular weight excluding hydrogens is 591 g/mol. The molecule has 6 rings (SSSR count). The molecule has 7 nitrogen and oxygen atoms in total. The molecule has 47 heavy (non-hydrogen) atoms. The first-order chi connectivity index (χ1) is 22.6. The van der Waals surface area contributed by atoms with Crippen molar-refractivity contribution in [3.63, 3.8) is 0 Å². The molecule has 2 heterocycles. The van der Waals surface area contributed by atoms with E-state index in [1.54, 1.807) is 18.2 Å². The Morgan fingerprint density at radius 3 is 2.32 bits per heavy atom. The third kappa shape index (κ3) is 7.43. The molecule has 0 bridgehead atoms. The lowest BCUT2D eigenvalue weighted by Gasteiger charge is -2.19. The fourth-order valence-corrected chi connectivity index (χ4v) is 5.70. The van der Waals surface area contributed by atoms with E-state index in [0.29, 0.717) is 18.8 Å². The topological polar surface area (TPSA) is 71.2 Å². The number of ether oxygens (including phenoxy) is 2. The molecule has 8 heteroatoms. The summed E-state index contributed by atoms with van der Waals surface area (Å²) in [4.78, 5) is 22.2. The molecule has 0 amide bonds. The molecule has 0 aliphatic heterocycles. The van der Waals surface area contributed by atoms with Crippen LogP contribution in [0.4, 0.5) is 9.18 Å². The second kappa shape index (κ2) is 13.2. The maximum Gasteiger partial charge on any atom is 0.514 e. The van der Waals surface area contributed by atoms with Crippen LogP contribution >= 0.6 is 0 Å². The molecule has 0 aliphatic rings. The summed E-state index contributed by atoms with van der Waals surface area (Å²) in [6.45, 7) is 11.0. The van der Waals surface area contributed by atoms with Crippen LogP contribution in [0.2, 0.25) is 0 Å². The van der Waals surface area contributed by atoms with Gasteiger partial charge in [-0.05, 0) is 86.7 Å². The Hall–Kier alpha value is -5.24. The number of benzene rings is 4. The fourth-order valence-electron chi connectivity index (χ4n) is 5.70. The van der Waals surface area contributed by atoms with Crippen molar-refractivity contribution in [2.75, 3.05) is 0 Å². The van der Waals surface area contributed by atoms with Crippen LogP contribution < -0.4 is 4.74 Å². The zero-order valence-corrected chi connectivity index (χ0v) is 27.5. The minimum atomic E-state index is -0.730. The summed E-state index contributed by atoms with van der Waals surface area (Å²) in [7, 11) is 0. The lowest BCUT2D eigenvalue weighted by molar-refractivity contribution is 0.0207. The summed E-state index contributed by atoms with van der Waals surface area (Å²) in [5.74, 6) is 1.25. The quantitative estimate of drug-likeness (QED) is 0.118. The van der Waals surface area contributed by atoms with Gasteiger partial charge in [-0.3, -0.25) is 0 Å². The highest BCUT2D eigenvalue weighted by atomic mass is 19.1. The number of aryl methyl sites for hydroxylation is 2. The van der Waals surface area contributed by atoms with Gasteiger partial charge in [0.1, 0.15) is 23.0 Å². The maximum atomic E-state index is 13.4. The van der Waals surface area contributed by atoms with Gasteiger partial charge in [0.2, 0.25) is 0 Å². The highest BCUT2D eigenvalue weighted by molar-refractivity contribution is 5.85. The van der Waals surface area contributed by atoms with Crippen molar-refractivity contribution in [1.29, 1.82) is 0 Å². The van der Waals surface area contributed by atoms with Gasteiger partial charge in [0, 0.05) is 36.8 Å². The normalized spacial score (nSPS) is 11.6. The number of hydrogen-bond acceptors (Lipinski definition) is 5. The number of carbonyl (C=O) groups excluding carboxylic acids is 1. The van der Waals surface area contributed by atoms with Crippen LogP contribution in [0.3, 0.4) is 0 Å². The van der Waals surface area contributed by atoms with E-state index in [2.05, 4.69) is 54.8 Å². The van der Waals surface area contributed by atoms with Gasteiger partial charge in [-0.1, -0.05) is 61.5 Å². The Kier molecular flexibility index (Phi) is 8.94. The van der Waals surface area contributed by atoms with Crippen molar-refractivity contribution in [3.8, 4) is 28.1 Å². The number of para-hydroxylation sites is 1. The second-order valence-corrected chi connectivity index (χ2v) is 12.8. The van der Waals surface area contributed by atoms with Gasteiger partial charge in [-0.15, -0.1) is 0 Å². The molecule has 0 saturated carbocycles. The summed E-state index contributed by atoms with van der Waals surface area (Å²) < 4.78 is 28.6. The predicted molar refractivity (Wildman–Crippen MR) is 183 cm³/mol. The molecule has 0 atom stereocenters. The van der Waals surface area contributed by atoms with Gasteiger partial charge in [0.05, 0.1) is 23.1 Å². The van der Waals surface area contributed by atoms with Crippen molar-refractivity contribution >= 4 is 17.2 Å². The first kappa shape index (κ1) is 31.7. The predicted octanol–water partition coefficient (Wildman–Crippen LogP) is 9.38. The summed E-state index contributed by atoms with van der Waals surface area (Å²) in [5.41, 5.74) is 8.29. The molecule has 0 aliphatic carbocycles. The Bertz CT molecular complexity index is 2020. The van der Waals surface area contributed by atoms with Crippen LogP contribution in [0.1, 0.15) is 56.6 Å². The summed E-state index contributed by atoms with van der Waals surface area (Å²) >= 11 is 0. The third-order valence-electron chi connectivity index (χ3n) is 7.88. The van der Waals surface area contributed by atoms with Crippen LogP contribution in [0, 0.1) is 12.7 Å². The van der Waals surface area contributed by atoms with Gasteiger partial charge >= 0.3 is 6.16 Å². The minimum absolute atomic E-state index is 0.242. The number of fused-ring (bicyclic) bond motifs is 1. The summed E-state index contributed by atoms with van der Waals surface area (Å²) in [5, 5.41) is 0. The second-order valence-electron chi connectivity index (χ2n) is 12.8. The first-order valence-electron chi connectivity index (χ1n) is 15.9. The minimum Gasteiger partial charge on any atom is -0.428 e. The lowest BCUT2D eigenvalue weighted by atomic mass is 10.0. The Labute approximate surface area is 274 Å². The van der Waals surface area contributed by atoms with E-state index in [9.17, 15) is 9.18 Å². The highest BCUT2D eigenvalue weighted by Gasteiger charge is 2.20.